The number of rotatable bonds is 15. The number of nitrogens with zero attached hydrogens (tertiary/aromatic N) is 3. The third-order valence-electron chi connectivity index (χ3n) is 9.43. The summed E-state index contributed by atoms with van der Waals surface area (Å²) in [5.74, 6) is -1.40. The second-order valence-corrected chi connectivity index (χ2v) is 14.5. The maximum Gasteiger partial charge on any atom is 0.249 e. The first kappa shape index (κ1) is 34.7. The normalized spacial score (nSPS) is 25.7. The number of hydrogen-bond acceptors (Lipinski definition) is 6. The van der Waals surface area contributed by atoms with Crippen LogP contribution in [0.2, 0.25) is 0 Å². The summed E-state index contributed by atoms with van der Waals surface area (Å²) in [6.45, 7) is 21.7. The number of carbonyl (C=O) groups is 3. The van der Waals surface area contributed by atoms with Gasteiger partial charge in [-0.2, -0.15) is 0 Å². The molecule has 5 atom stereocenters. The molecule has 2 unspecified atom stereocenters. The lowest BCUT2D eigenvalue weighted by atomic mass is 9.70. The van der Waals surface area contributed by atoms with E-state index in [0.29, 0.717) is 56.8 Å². The van der Waals surface area contributed by atoms with Gasteiger partial charge >= 0.3 is 0 Å². The van der Waals surface area contributed by atoms with Crippen LogP contribution in [0.4, 0.5) is 5.69 Å². The lowest BCUT2D eigenvalue weighted by Crippen LogP contribution is -2.61. The minimum atomic E-state index is -1.10. The Kier molecular flexibility index (Phi) is 10.5. The molecule has 1 N–H and O–H groups in total. The molecule has 0 aromatic heterocycles. The Morgan fingerprint density at radius 3 is 2.33 bits per heavy atom. The summed E-state index contributed by atoms with van der Waals surface area (Å²) in [6, 6.07) is 6.46. The van der Waals surface area contributed by atoms with Crippen LogP contribution < -0.4 is 9.64 Å². The summed E-state index contributed by atoms with van der Waals surface area (Å²) in [4.78, 5) is 48.9. The van der Waals surface area contributed by atoms with Crippen LogP contribution in [-0.2, 0) is 19.1 Å². The van der Waals surface area contributed by atoms with E-state index in [9.17, 15) is 19.5 Å². The van der Waals surface area contributed by atoms with Crippen molar-refractivity contribution in [3.63, 3.8) is 0 Å². The highest BCUT2D eigenvalue weighted by Gasteiger charge is 2.75. The first-order valence-electron chi connectivity index (χ1n) is 16.4. The molecule has 3 aliphatic rings. The van der Waals surface area contributed by atoms with Gasteiger partial charge < -0.3 is 29.3 Å². The van der Waals surface area contributed by atoms with E-state index in [4.69, 9.17) is 9.47 Å². The maximum atomic E-state index is 14.8. The monoisotopic (exact) mass is 623 g/mol. The number of benzene rings is 1. The van der Waals surface area contributed by atoms with Crippen molar-refractivity contribution >= 4 is 23.4 Å². The standard InChI is InChI=1S/C36H53N3O6/c1-9-20-37(25-14-16-26(17-15-25)44-11-3)31(41)28-27-18-19-36(45-27)29(28)32(42)38(22-12-13-23-40)30(36)33(43)39(21-10-2)35(7,8)24-34(4,5)6/h9-10,14-17,27-30,40H,1-2,11-13,18-24H2,3-8H3/t27-,28+,29+,30?,36?/m1/s1. The molecule has 3 aliphatic heterocycles. The second kappa shape index (κ2) is 13.7. The smallest absolute Gasteiger partial charge is 0.249 e. The van der Waals surface area contributed by atoms with Gasteiger partial charge in [-0.25, -0.2) is 0 Å². The molecule has 0 radical (unpaired) electrons. The number of carbonyl (C=O) groups excluding carboxylic acids is 3. The van der Waals surface area contributed by atoms with E-state index in [1.807, 2.05) is 36.1 Å². The molecule has 3 heterocycles. The summed E-state index contributed by atoms with van der Waals surface area (Å²) in [5.41, 5.74) is -1.00. The average Bonchev–Trinajstić information content (AvgIpc) is 3.61. The van der Waals surface area contributed by atoms with Gasteiger partial charge in [0.05, 0.1) is 24.5 Å². The molecular formula is C36H53N3O6. The van der Waals surface area contributed by atoms with Crippen molar-refractivity contribution in [2.24, 2.45) is 17.3 Å². The predicted octanol–water partition coefficient (Wildman–Crippen LogP) is 4.98. The van der Waals surface area contributed by atoms with Crippen molar-refractivity contribution in [1.82, 2.24) is 9.80 Å². The zero-order valence-electron chi connectivity index (χ0n) is 28.1. The van der Waals surface area contributed by atoms with Gasteiger partial charge in [0, 0.05) is 37.5 Å². The molecule has 0 saturated carbocycles. The Morgan fingerprint density at radius 2 is 1.76 bits per heavy atom. The van der Waals surface area contributed by atoms with Crippen molar-refractivity contribution in [3.8, 4) is 5.75 Å². The van der Waals surface area contributed by atoms with E-state index < -0.39 is 35.1 Å². The Balaban J connectivity index is 1.74. The number of amides is 3. The van der Waals surface area contributed by atoms with Crippen LogP contribution in [0.15, 0.2) is 49.6 Å². The average molecular weight is 624 g/mol. The van der Waals surface area contributed by atoms with Crippen molar-refractivity contribution < 1.29 is 29.0 Å². The largest absolute Gasteiger partial charge is 0.494 e. The van der Waals surface area contributed by atoms with Gasteiger partial charge in [-0.05, 0) is 82.6 Å². The molecule has 1 aromatic rings. The minimum absolute atomic E-state index is 0.00526. The van der Waals surface area contributed by atoms with Crippen LogP contribution in [0.3, 0.4) is 0 Å². The van der Waals surface area contributed by atoms with Crippen LogP contribution >= 0.6 is 0 Å². The molecule has 1 spiro atoms. The lowest BCUT2D eigenvalue weighted by Gasteiger charge is -2.45. The maximum absolute atomic E-state index is 14.8. The molecule has 45 heavy (non-hydrogen) atoms. The molecule has 3 amide bonds. The number of aliphatic hydroxyl groups excluding tert-OH is 1. The number of unbranched alkanes of at least 4 members (excludes halogenated alkanes) is 1. The van der Waals surface area contributed by atoms with Crippen LogP contribution in [0, 0.1) is 17.3 Å². The summed E-state index contributed by atoms with van der Waals surface area (Å²) in [5, 5.41) is 9.52. The Labute approximate surface area is 269 Å². The van der Waals surface area contributed by atoms with E-state index in [2.05, 4.69) is 47.8 Å². The van der Waals surface area contributed by atoms with Crippen molar-refractivity contribution in [3.05, 3.63) is 49.6 Å². The van der Waals surface area contributed by atoms with E-state index in [-0.39, 0.29) is 36.3 Å². The van der Waals surface area contributed by atoms with Crippen LogP contribution in [0.25, 0.3) is 0 Å². The van der Waals surface area contributed by atoms with Gasteiger partial charge in [0.2, 0.25) is 17.7 Å². The third-order valence-corrected chi connectivity index (χ3v) is 9.43. The van der Waals surface area contributed by atoms with Gasteiger partial charge in [-0.3, -0.25) is 14.4 Å². The molecule has 2 bridgehead atoms. The van der Waals surface area contributed by atoms with Crippen molar-refractivity contribution in [1.29, 1.82) is 0 Å². The third kappa shape index (κ3) is 6.70. The molecule has 9 heteroatoms. The lowest BCUT2D eigenvalue weighted by molar-refractivity contribution is -0.152. The van der Waals surface area contributed by atoms with Crippen molar-refractivity contribution in [2.45, 2.75) is 96.9 Å². The summed E-state index contributed by atoms with van der Waals surface area (Å²) in [6.07, 6.45) is 5.84. The predicted molar refractivity (Wildman–Crippen MR) is 176 cm³/mol. The van der Waals surface area contributed by atoms with Gasteiger partial charge in [0.15, 0.2) is 0 Å². The number of fused-ring (bicyclic) bond motifs is 1. The van der Waals surface area contributed by atoms with Gasteiger partial charge in [-0.1, -0.05) is 32.9 Å². The summed E-state index contributed by atoms with van der Waals surface area (Å²) in [7, 11) is 0. The van der Waals surface area contributed by atoms with Crippen LogP contribution in [-0.4, -0.2) is 88.8 Å². The molecule has 9 nitrogen and oxygen atoms in total. The summed E-state index contributed by atoms with van der Waals surface area (Å²) >= 11 is 0. The van der Waals surface area contributed by atoms with Gasteiger partial charge in [0.25, 0.3) is 0 Å². The highest BCUT2D eigenvalue weighted by molar-refractivity contribution is 6.03. The molecule has 3 saturated heterocycles. The molecule has 3 fully saturated rings. The number of ether oxygens (including phenoxy) is 2. The Bertz CT molecular complexity index is 1250. The van der Waals surface area contributed by atoms with Crippen molar-refractivity contribution in [2.75, 3.05) is 37.7 Å². The fraction of sp³-hybridized carbons (Fsp3) is 0.639. The fourth-order valence-corrected chi connectivity index (χ4v) is 8.17. The molecule has 1 aromatic carbocycles. The van der Waals surface area contributed by atoms with Gasteiger partial charge in [0.1, 0.15) is 17.4 Å². The first-order chi connectivity index (χ1) is 21.3. The quantitative estimate of drug-likeness (QED) is 0.219. The van der Waals surface area contributed by atoms with Gasteiger partial charge in [-0.15, -0.1) is 13.2 Å². The Hall–Kier alpha value is -3.17. The second-order valence-electron chi connectivity index (χ2n) is 14.5. The number of likely N-dealkylation sites (tertiary alicyclic amines) is 1. The van der Waals surface area contributed by atoms with E-state index in [0.717, 1.165) is 6.42 Å². The number of anilines is 1. The molecule has 248 valence electrons. The fourth-order valence-electron chi connectivity index (χ4n) is 8.17. The Morgan fingerprint density at radius 1 is 1.09 bits per heavy atom. The van der Waals surface area contributed by atoms with Crippen LogP contribution in [0.5, 0.6) is 5.75 Å². The summed E-state index contributed by atoms with van der Waals surface area (Å²) < 4.78 is 12.3. The molecule has 0 aliphatic carbocycles. The number of hydrogen-bond donors (Lipinski definition) is 1. The zero-order valence-corrected chi connectivity index (χ0v) is 28.1. The van der Waals surface area contributed by atoms with E-state index >= 15 is 0 Å². The van der Waals surface area contributed by atoms with Crippen LogP contribution in [0.1, 0.15) is 73.6 Å². The van der Waals surface area contributed by atoms with E-state index in [1.54, 1.807) is 22.0 Å². The first-order valence-corrected chi connectivity index (χ1v) is 16.4. The SMILES string of the molecule is C=CCN(C(=O)[C@@H]1[C@H]2C(=O)N(CCCCO)C(C(=O)N(CC=C)C(C)(C)CC(C)(C)C)C23CC[C@H]1O3)c1ccc(OCC)cc1. The molecule has 4 rings (SSSR count). The minimum Gasteiger partial charge on any atom is -0.494 e. The zero-order chi connectivity index (χ0) is 33.2. The van der Waals surface area contributed by atoms with E-state index in [1.165, 1.54) is 0 Å². The highest BCUT2D eigenvalue weighted by atomic mass is 16.5. The topological polar surface area (TPSA) is 99.6 Å². The highest BCUT2D eigenvalue weighted by Crippen LogP contribution is 2.59. The number of aliphatic hydroxyl groups is 1. The molecular weight excluding hydrogens is 570 g/mol.